The first-order valence-corrected chi connectivity index (χ1v) is 12.8. The maximum atomic E-state index is 11.1. The summed E-state index contributed by atoms with van der Waals surface area (Å²) < 4.78 is 6.48. The molecule has 0 unspecified atom stereocenters. The van der Waals surface area contributed by atoms with Gasteiger partial charge in [0, 0.05) is 49.0 Å². The van der Waals surface area contributed by atoms with Crippen molar-refractivity contribution in [3.63, 3.8) is 0 Å². The molecule has 1 saturated carbocycles. The number of benzene rings is 1. The van der Waals surface area contributed by atoms with Crippen LogP contribution in [0.4, 0.5) is 11.5 Å². The predicted octanol–water partition coefficient (Wildman–Crippen LogP) is 5.90. The van der Waals surface area contributed by atoms with Gasteiger partial charge in [0.1, 0.15) is 24.0 Å². The second kappa shape index (κ2) is 8.80. The van der Waals surface area contributed by atoms with E-state index in [9.17, 15) is 4.79 Å². The molecule has 0 amide bonds. The van der Waals surface area contributed by atoms with Crippen LogP contribution in [-0.4, -0.2) is 41.4 Å². The Hall–Kier alpha value is -2.62. The molecule has 0 bridgehead atoms. The van der Waals surface area contributed by atoms with Crippen LogP contribution in [0.3, 0.4) is 0 Å². The van der Waals surface area contributed by atoms with Crippen LogP contribution in [0.15, 0.2) is 30.3 Å². The maximum Gasteiger partial charge on any atom is 0.205 e. The minimum absolute atomic E-state index is 0.0150. The standard InChI is InChI=1S/C28H33ClN4O2/c1-27(2)25(28(3,4)26(27)35-20-7-8-22(30-5)21(29)14-20)33-15-19-6-9-24(31-23(19)16-33)32-12-10-18(17-34)11-13-32/h6-9,14,17-18,25-26H,10-13,15-16H2,1-4H3. The van der Waals surface area contributed by atoms with E-state index >= 15 is 0 Å². The largest absolute Gasteiger partial charge is 0.489 e. The molecule has 1 aromatic heterocycles. The molecule has 1 saturated heterocycles. The van der Waals surface area contributed by atoms with Gasteiger partial charge in [-0.2, -0.15) is 0 Å². The van der Waals surface area contributed by atoms with Gasteiger partial charge in [-0.15, -0.1) is 0 Å². The fourth-order valence-electron chi connectivity index (χ4n) is 7.03. The van der Waals surface area contributed by atoms with Gasteiger partial charge in [0.25, 0.3) is 0 Å². The third-order valence-electron chi connectivity index (χ3n) is 8.26. The summed E-state index contributed by atoms with van der Waals surface area (Å²) in [6.45, 7) is 19.8. The quantitative estimate of drug-likeness (QED) is 0.384. The molecule has 2 fully saturated rings. The number of nitrogens with zero attached hydrogens (tertiary/aromatic N) is 4. The number of rotatable bonds is 5. The Balaban J connectivity index is 1.29. The van der Waals surface area contributed by atoms with Crippen LogP contribution in [-0.2, 0) is 17.9 Å². The highest BCUT2D eigenvalue weighted by molar-refractivity contribution is 6.33. The Kier molecular flexibility index (Phi) is 6.05. The highest BCUT2D eigenvalue weighted by atomic mass is 35.5. The van der Waals surface area contributed by atoms with Crippen molar-refractivity contribution in [3.8, 4) is 5.75 Å². The van der Waals surface area contributed by atoms with E-state index in [0.29, 0.717) is 22.5 Å². The van der Waals surface area contributed by atoms with Gasteiger partial charge in [-0.3, -0.25) is 4.90 Å². The number of halogens is 1. The number of aromatic nitrogens is 1. The van der Waals surface area contributed by atoms with E-state index in [2.05, 4.69) is 54.5 Å². The highest BCUT2D eigenvalue weighted by Gasteiger charge is 2.65. The summed E-state index contributed by atoms with van der Waals surface area (Å²) in [5.74, 6) is 1.93. The van der Waals surface area contributed by atoms with Crippen molar-refractivity contribution in [3.05, 3.63) is 58.0 Å². The van der Waals surface area contributed by atoms with Crippen LogP contribution in [0.5, 0.6) is 5.75 Å². The topological polar surface area (TPSA) is 50.0 Å². The molecule has 0 N–H and O–H groups in total. The number of piperidine rings is 1. The molecular weight excluding hydrogens is 460 g/mol. The lowest BCUT2D eigenvalue weighted by Crippen LogP contribution is -2.74. The molecular formula is C28H33ClN4O2. The fourth-order valence-corrected chi connectivity index (χ4v) is 7.24. The number of hydrogen-bond donors (Lipinski definition) is 0. The molecule has 6 nitrogen and oxygen atoms in total. The Morgan fingerprint density at radius 3 is 2.46 bits per heavy atom. The third kappa shape index (κ3) is 4.09. The molecule has 2 aliphatic heterocycles. The highest BCUT2D eigenvalue weighted by Crippen LogP contribution is 2.59. The van der Waals surface area contributed by atoms with Crippen LogP contribution in [0, 0.1) is 23.3 Å². The molecule has 35 heavy (non-hydrogen) atoms. The lowest BCUT2D eigenvalue weighted by molar-refractivity contribution is -0.211. The summed E-state index contributed by atoms with van der Waals surface area (Å²) in [7, 11) is 0. The van der Waals surface area contributed by atoms with Crippen LogP contribution >= 0.6 is 11.6 Å². The molecule has 0 radical (unpaired) electrons. The lowest BCUT2D eigenvalue weighted by atomic mass is 9.49. The average Bonchev–Trinajstić information content (AvgIpc) is 3.24. The summed E-state index contributed by atoms with van der Waals surface area (Å²) >= 11 is 6.26. The van der Waals surface area contributed by atoms with Gasteiger partial charge < -0.3 is 14.4 Å². The molecule has 7 heteroatoms. The van der Waals surface area contributed by atoms with E-state index in [4.69, 9.17) is 27.9 Å². The molecule has 2 aromatic rings. The predicted molar refractivity (Wildman–Crippen MR) is 138 cm³/mol. The van der Waals surface area contributed by atoms with Gasteiger partial charge in [-0.05, 0) is 36.6 Å². The molecule has 5 rings (SSSR count). The Labute approximate surface area is 213 Å². The molecule has 184 valence electrons. The first kappa shape index (κ1) is 24.1. The van der Waals surface area contributed by atoms with E-state index in [1.165, 1.54) is 5.56 Å². The van der Waals surface area contributed by atoms with Crippen molar-refractivity contribution in [2.75, 3.05) is 18.0 Å². The van der Waals surface area contributed by atoms with Gasteiger partial charge in [-0.25, -0.2) is 9.83 Å². The fraction of sp³-hybridized carbons (Fsp3) is 0.536. The van der Waals surface area contributed by atoms with Gasteiger partial charge >= 0.3 is 0 Å². The Bertz CT molecular complexity index is 1160. The number of fused-ring (bicyclic) bond motifs is 1. The maximum absolute atomic E-state index is 11.1. The second-order valence-corrected chi connectivity index (χ2v) is 11.8. The number of carbonyl (C=O) groups is 1. The van der Waals surface area contributed by atoms with E-state index in [0.717, 1.165) is 56.8 Å². The minimum Gasteiger partial charge on any atom is -0.489 e. The van der Waals surface area contributed by atoms with Gasteiger partial charge in [0.15, 0.2) is 0 Å². The van der Waals surface area contributed by atoms with Crippen LogP contribution in [0.1, 0.15) is 51.8 Å². The number of anilines is 1. The average molecular weight is 493 g/mol. The van der Waals surface area contributed by atoms with E-state index in [1.54, 1.807) is 12.1 Å². The Morgan fingerprint density at radius 1 is 1.11 bits per heavy atom. The van der Waals surface area contributed by atoms with Crippen molar-refractivity contribution in [2.45, 2.75) is 65.8 Å². The number of ether oxygens (including phenoxy) is 1. The Morgan fingerprint density at radius 2 is 1.83 bits per heavy atom. The summed E-state index contributed by atoms with van der Waals surface area (Å²) in [5, 5.41) is 0.427. The van der Waals surface area contributed by atoms with E-state index < -0.39 is 0 Å². The van der Waals surface area contributed by atoms with Crippen molar-refractivity contribution in [1.82, 2.24) is 9.88 Å². The smallest absolute Gasteiger partial charge is 0.205 e. The van der Waals surface area contributed by atoms with Crippen LogP contribution in [0.2, 0.25) is 5.02 Å². The molecule has 3 heterocycles. The monoisotopic (exact) mass is 492 g/mol. The molecule has 0 spiro atoms. The number of aldehydes is 1. The molecule has 1 aromatic carbocycles. The summed E-state index contributed by atoms with van der Waals surface area (Å²) in [5.41, 5.74) is 2.76. The van der Waals surface area contributed by atoms with Crippen molar-refractivity contribution >= 4 is 29.4 Å². The van der Waals surface area contributed by atoms with Gasteiger partial charge in [0.2, 0.25) is 5.69 Å². The van der Waals surface area contributed by atoms with Crippen molar-refractivity contribution < 1.29 is 9.53 Å². The van der Waals surface area contributed by atoms with Gasteiger partial charge in [0.05, 0.1) is 17.3 Å². The first-order valence-electron chi connectivity index (χ1n) is 12.4. The second-order valence-electron chi connectivity index (χ2n) is 11.4. The zero-order valence-corrected chi connectivity index (χ0v) is 21.7. The van der Waals surface area contributed by atoms with Crippen LogP contribution < -0.4 is 9.64 Å². The van der Waals surface area contributed by atoms with Crippen LogP contribution in [0.25, 0.3) is 4.85 Å². The molecule has 0 atom stereocenters. The summed E-state index contributed by atoms with van der Waals surface area (Å²) in [6.07, 6.45) is 2.93. The first-order chi connectivity index (χ1) is 16.6. The SMILES string of the molecule is [C-]#[N+]c1ccc(OC2C(C)(C)C(N3Cc4ccc(N5CCC(C=O)CC5)nc4C3)C2(C)C)cc1Cl. The zero-order valence-electron chi connectivity index (χ0n) is 20.9. The molecule has 3 aliphatic rings. The number of pyridine rings is 1. The third-order valence-corrected chi connectivity index (χ3v) is 8.56. The zero-order chi connectivity index (χ0) is 25.0. The van der Waals surface area contributed by atoms with Crippen molar-refractivity contribution in [2.24, 2.45) is 16.7 Å². The minimum atomic E-state index is -0.0734. The number of carbonyl (C=O) groups excluding carboxylic acids is 1. The number of hydrogen-bond acceptors (Lipinski definition) is 5. The van der Waals surface area contributed by atoms with Gasteiger partial charge in [-0.1, -0.05) is 51.4 Å². The van der Waals surface area contributed by atoms with E-state index in [1.807, 2.05) is 6.07 Å². The van der Waals surface area contributed by atoms with E-state index in [-0.39, 0.29) is 22.9 Å². The summed E-state index contributed by atoms with van der Waals surface area (Å²) in [4.78, 5) is 24.5. The molecule has 1 aliphatic carbocycles. The van der Waals surface area contributed by atoms with Crippen molar-refractivity contribution in [1.29, 1.82) is 0 Å². The normalized spacial score (nSPS) is 25.4. The summed E-state index contributed by atoms with van der Waals surface area (Å²) in [6, 6.07) is 10.0. The lowest BCUT2D eigenvalue weighted by Gasteiger charge is -2.65.